The van der Waals surface area contributed by atoms with E-state index in [2.05, 4.69) is 64.6 Å². The Balaban J connectivity index is 0.000000145. The van der Waals surface area contributed by atoms with E-state index in [0.717, 1.165) is 39.5 Å². The molecule has 0 radical (unpaired) electrons. The molecule has 0 aliphatic heterocycles. The van der Waals surface area contributed by atoms with Gasteiger partial charge in [0.15, 0.2) is 0 Å². The van der Waals surface area contributed by atoms with Gasteiger partial charge < -0.3 is 19.8 Å². The molecule has 6 heteroatoms. The number of H-pyrrole nitrogens is 2. The van der Waals surface area contributed by atoms with Gasteiger partial charge in [-0.15, -0.1) is 0 Å². The minimum atomic E-state index is -0.833. The lowest BCUT2D eigenvalue weighted by Gasteiger charge is -2.11. The molecule has 0 unspecified atom stereocenters. The van der Waals surface area contributed by atoms with E-state index in [1.807, 2.05) is 42.7 Å². The highest BCUT2D eigenvalue weighted by molar-refractivity contribution is 5.92. The van der Waals surface area contributed by atoms with Crippen molar-refractivity contribution in [1.29, 1.82) is 0 Å². The molecule has 2 aliphatic rings. The fourth-order valence-corrected chi connectivity index (χ4v) is 6.20. The minimum Gasteiger partial charge on any atom is -0.478 e. The average molecular weight is 597 g/mol. The molecule has 4 aromatic carbocycles. The third-order valence-corrected chi connectivity index (χ3v) is 9.03. The van der Waals surface area contributed by atoms with Crippen LogP contribution in [0.15, 0.2) is 97.3 Å². The third-order valence-electron chi connectivity index (χ3n) is 9.03. The van der Waals surface area contributed by atoms with Gasteiger partial charge in [-0.3, -0.25) is 0 Å². The van der Waals surface area contributed by atoms with Crippen molar-refractivity contribution in [3.05, 3.63) is 142 Å². The van der Waals surface area contributed by atoms with Gasteiger partial charge in [0.25, 0.3) is 0 Å². The summed E-state index contributed by atoms with van der Waals surface area (Å²) in [5.74, 6) is 0.123. The van der Waals surface area contributed by atoms with Crippen molar-refractivity contribution < 1.29 is 19.4 Å². The van der Waals surface area contributed by atoms with Crippen LogP contribution < -0.4 is 0 Å². The molecule has 0 saturated heterocycles. The molecule has 2 aromatic heterocycles. The van der Waals surface area contributed by atoms with Crippen LogP contribution >= 0.6 is 0 Å². The standard InChI is InChI=1S/C20H19NO2.C19H17NO2/c1-23-20(22)18-12-15(14-3-4-14)5-6-16(18)10-13-2-7-19-17(11-13)8-9-21-19;21-19(22)17-11-14(13-2-3-13)4-5-15(17)9-12-1-6-18-16(10-12)7-8-20-18/h2,5-9,11-12,14,21H,3-4,10H2,1H3;1,4-8,10-11,13,20H,2-3,9H2,(H,21,22). The highest BCUT2D eigenvalue weighted by Crippen LogP contribution is 2.41. The van der Waals surface area contributed by atoms with Crippen molar-refractivity contribution >= 4 is 33.7 Å². The Morgan fingerprint density at radius 2 is 1.16 bits per heavy atom. The van der Waals surface area contributed by atoms with Crippen LogP contribution in [-0.4, -0.2) is 34.1 Å². The Morgan fingerprint density at radius 1 is 0.667 bits per heavy atom. The van der Waals surface area contributed by atoms with Gasteiger partial charge in [-0.05, 0) is 143 Å². The third kappa shape index (κ3) is 6.41. The van der Waals surface area contributed by atoms with Gasteiger partial charge in [0.2, 0.25) is 0 Å². The van der Waals surface area contributed by atoms with Crippen molar-refractivity contribution in [2.24, 2.45) is 0 Å². The summed E-state index contributed by atoms with van der Waals surface area (Å²) in [4.78, 5) is 30.1. The first kappa shape index (κ1) is 28.7. The Bertz CT molecular complexity index is 2030. The van der Waals surface area contributed by atoms with E-state index in [1.54, 1.807) is 0 Å². The lowest BCUT2D eigenvalue weighted by molar-refractivity contribution is 0.0598. The number of carbonyl (C=O) groups excluding carboxylic acids is 1. The number of ether oxygens (including phenoxy) is 1. The molecule has 2 fully saturated rings. The van der Waals surface area contributed by atoms with Crippen LogP contribution in [-0.2, 0) is 17.6 Å². The molecule has 0 amide bonds. The quantitative estimate of drug-likeness (QED) is 0.153. The number of aromatic nitrogens is 2. The van der Waals surface area contributed by atoms with Gasteiger partial charge in [-0.1, -0.05) is 36.4 Å². The van der Waals surface area contributed by atoms with Gasteiger partial charge >= 0.3 is 11.9 Å². The van der Waals surface area contributed by atoms with E-state index in [4.69, 9.17) is 4.74 Å². The number of aromatic amines is 2. The van der Waals surface area contributed by atoms with Crippen LogP contribution in [0.1, 0.15) is 91.6 Å². The Kier molecular flexibility index (Phi) is 7.72. The molecule has 8 rings (SSSR count). The number of aromatic carboxylic acids is 1. The number of benzene rings is 4. The zero-order valence-electron chi connectivity index (χ0n) is 25.3. The molecule has 0 bridgehead atoms. The van der Waals surface area contributed by atoms with Crippen molar-refractivity contribution in [2.45, 2.75) is 50.4 Å². The maximum absolute atomic E-state index is 12.2. The van der Waals surface area contributed by atoms with Gasteiger partial charge in [-0.25, -0.2) is 9.59 Å². The molecule has 2 aliphatic carbocycles. The van der Waals surface area contributed by atoms with Crippen LogP contribution in [0.3, 0.4) is 0 Å². The summed E-state index contributed by atoms with van der Waals surface area (Å²) in [7, 11) is 1.45. The fourth-order valence-electron chi connectivity index (χ4n) is 6.20. The van der Waals surface area contributed by atoms with Crippen molar-refractivity contribution in [3.8, 4) is 0 Å². The molecule has 2 heterocycles. The molecular formula is C39H36N2O4. The van der Waals surface area contributed by atoms with Crippen LogP contribution in [0, 0.1) is 0 Å². The Labute approximate surface area is 262 Å². The van der Waals surface area contributed by atoms with Crippen LogP contribution in [0.2, 0.25) is 0 Å². The number of nitrogens with one attached hydrogen (secondary N) is 2. The number of hydrogen-bond acceptors (Lipinski definition) is 3. The van der Waals surface area contributed by atoms with Gasteiger partial charge in [-0.2, -0.15) is 0 Å². The SMILES string of the molecule is COC(=O)c1cc(C2CC2)ccc1Cc1ccc2[nH]ccc2c1.O=C(O)c1cc(C2CC2)ccc1Cc1ccc2[nH]ccc2c1. The molecule has 226 valence electrons. The second-order valence-corrected chi connectivity index (χ2v) is 12.3. The smallest absolute Gasteiger partial charge is 0.338 e. The maximum atomic E-state index is 12.2. The highest BCUT2D eigenvalue weighted by Gasteiger charge is 2.26. The summed E-state index contributed by atoms with van der Waals surface area (Å²) in [6.07, 6.45) is 10.1. The van der Waals surface area contributed by atoms with Crippen molar-refractivity contribution in [1.82, 2.24) is 9.97 Å². The number of rotatable bonds is 8. The summed E-state index contributed by atoms with van der Waals surface area (Å²) in [5, 5.41) is 11.9. The molecule has 3 N–H and O–H groups in total. The largest absolute Gasteiger partial charge is 0.478 e. The summed E-state index contributed by atoms with van der Waals surface area (Å²) in [5.41, 5.74) is 10.0. The maximum Gasteiger partial charge on any atom is 0.338 e. The van der Waals surface area contributed by atoms with E-state index >= 15 is 0 Å². The molecule has 45 heavy (non-hydrogen) atoms. The molecule has 2 saturated carbocycles. The fraction of sp³-hybridized carbons (Fsp3) is 0.231. The lowest BCUT2D eigenvalue weighted by atomic mass is 9.96. The first-order valence-corrected chi connectivity index (χ1v) is 15.6. The monoisotopic (exact) mass is 596 g/mol. The van der Waals surface area contributed by atoms with E-state index < -0.39 is 5.97 Å². The van der Waals surface area contributed by atoms with E-state index in [9.17, 15) is 14.7 Å². The number of carboxylic acid groups (broad SMARTS) is 1. The van der Waals surface area contributed by atoms with Gasteiger partial charge in [0, 0.05) is 23.4 Å². The van der Waals surface area contributed by atoms with E-state index in [-0.39, 0.29) is 5.97 Å². The zero-order valence-corrected chi connectivity index (χ0v) is 25.3. The summed E-state index contributed by atoms with van der Waals surface area (Å²) < 4.78 is 4.98. The Hall–Kier alpha value is -5.10. The number of carbonyl (C=O) groups is 2. The van der Waals surface area contributed by atoms with Crippen molar-refractivity contribution in [2.75, 3.05) is 7.11 Å². The number of fused-ring (bicyclic) bond motifs is 2. The van der Waals surface area contributed by atoms with E-state index in [0.29, 0.717) is 29.4 Å². The highest BCUT2D eigenvalue weighted by atomic mass is 16.5. The summed E-state index contributed by atoms with van der Waals surface area (Å²) in [6, 6.07) is 28.9. The number of methoxy groups -OCH3 is 1. The zero-order chi connectivity index (χ0) is 30.9. The Morgan fingerprint density at radius 3 is 1.62 bits per heavy atom. The second-order valence-electron chi connectivity index (χ2n) is 12.3. The summed E-state index contributed by atoms with van der Waals surface area (Å²) in [6.45, 7) is 0. The van der Waals surface area contributed by atoms with Crippen molar-refractivity contribution in [3.63, 3.8) is 0 Å². The first-order chi connectivity index (χ1) is 21.9. The average Bonchev–Trinajstić information content (AvgIpc) is 3.99. The molecular weight excluding hydrogens is 560 g/mol. The van der Waals surface area contributed by atoms with Crippen LogP contribution in [0.4, 0.5) is 0 Å². The van der Waals surface area contributed by atoms with Gasteiger partial charge in [0.05, 0.1) is 18.2 Å². The second kappa shape index (κ2) is 12.1. The molecule has 0 spiro atoms. The molecule has 0 atom stereocenters. The van der Waals surface area contributed by atoms with Crippen LogP contribution in [0.5, 0.6) is 0 Å². The summed E-state index contributed by atoms with van der Waals surface area (Å²) >= 11 is 0. The first-order valence-electron chi connectivity index (χ1n) is 15.6. The number of hydrogen-bond donors (Lipinski definition) is 3. The number of carboxylic acids is 1. The number of esters is 1. The normalized spacial score (nSPS) is 14.2. The lowest BCUT2D eigenvalue weighted by Crippen LogP contribution is -2.07. The minimum absolute atomic E-state index is 0.245. The van der Waals surface area contributed by atoms with E-state index in [1.165, 1.54) is 54.9 Å². The predicted molar refractivity (Wildman–Crippen MR) is 177 cm³/mol. The van der Waals surface area contributed by atoms with Crippen LogP contribution in [0.25, 0.3) is 21.8 Å². The van der Waals surface area contributed by atoms with Gasteiger partial charge in [0.1, 0.15) is 0 Å². The predicted octanol–water partition coefficient (Wildman–Crippen LogP) is 8.76. The topological polar surface area (TPSA) is 95.2 Å². The molecule has 6 nitrogen and oxygen atoms in total. The molecule has 6 aromatic rings.